The number of anilines is 1. The van der Waals surface area contributed by atoms with Crippen LogP contribution < -0.4 is 5.32 Å². The predicted octanol–water partition coefficient (Wildman–Crippen LogP) is 5.48. The summed E-state index contributed by atoms with van der Waals surface area (Å²) in [4.78, 5) is 8.13. The molecule has 26 heavy (non-hydrogen) atoms. The Morgan fingerprint density at radius 3 is 2.62 bits per heavy atom. The van der Waals surface area contributed by atoms with E-state index in [1.54, 1.807) is 6.92 Å². The fraction of sp³-hybridized carbons (Fsp3) is 0.222. The summed E-state index contributed by atoms with van der Waals surface area (Å²) in [5.74, 6) is -0.0791. The van der Waals surface area contributed by atoms with Gasteiger partial charge in [-0.2, -0.15) is 13.2 Å². The predicted molar refractivity (Wildman–Crippen MR) is 92.7 cm³/mol. The van der Waals surface area contributed by atoms with Gasteiger partial charge in [0.05, 0.1) is 11.1 Å². The molecule has 0 saturated carbocycles. The molecule has 0 aliphatic heterocycles. The monoisotopic (exact) mass is 383 g/mol. The lowest BCUT2D eigenvalue weighted by molar-refractivity contribution is -0.138. The van der Waals surface area contributed by atoms with E-state index in [4.69, 9.17) is 11.6 Å². The summed E-state index contributed by atoms with van der Waals surface area (Å²) in [5, 5.41) is 3.53. The fourth-order valence-corrected chi connectivity index (χ4v) is 2.92. The van der Waals surface area contributed by atoms with Crippen molar-refractivity contribution in [3.05, 3.63) is 64.7 Å². The molecule has 1 heterocycles. The van der Waals surface area contributed by atoms with Gasteiger partial charge in [0.2, 0.25) is 0 Å². The Morgan fingerprint density at radius 2 is 1.88 bits per heavy atom. The van der Waals surface area contributed by atoms with Gasteiger partial charge in [0.25, 0.3) is 0 Å². The van der Waals surface area contributed by atoms with E-state index in [9.17, 15) is 17.6 Å². The number of fused-ring (bicyclic) bond motifs is 1. The number of halogens is 5. The number of alkyl halides is 3. The largest absolute Gasteiger partial charge is 0.416 e. The molecule has 0 amide bonds. The fourth-order valence-electron chi connectivity index (χ4n) is 2.75. The number of nitrogens with one attached hydrogen (secondary N) is 1. The van der Waals surface area contributed by atoms with Gasteiger partial charge in [-0.3, -0.25) is 0 Å². The molecular formula is C18H14ClF4N3. The molecule has 0 saturated heterocycles. The molecule has 0 spiro atoms. The highest BCUT2D eigenvalue weighted by molar-refractivity contribution is 6.30. The van der Waals surface area contributed by atoms with Gasteiger partial charge in [0.1, 0.15) is 18.0 Å². The van der Waals surface area contributed by atoms with Crippen molar-refractivity contribution in [2.45, 2.75) is 25.6 Å². The molecule has 1 N–H and O–H groups in total. The van der Waals surface area contributed by atoms with Crippen LogP contribution in [0.5, 0.6) is 0 Å². The summed E-state index contributed by atoms with van der Waals surface area (Å²) >= 11 is 5.70. The van der Waals surface area contributed by atoms with E-state index in [1.165, 1.54) is 36.7 Å². The SMILES string of the molecule is CC(Cc1ccc(Cl)cc1C(F)(F)F)Nc1ncnc2ccc(F)cc12. The molecule has 0 aliphatic carbocycles. The van der Waals surface area contributed by atoms with E-state index in [0.29, 0.717) is 16.7 Å². The second kappa shape index (κ2) is 7.07. The second-order valence-corrected chi connectivity index (χ2v) is 6.37. The van der Waals surface area contributed by atoms with Gasteiger partial charge >= 0.3 is 6.18 Å². The van der Waals surface area contributed by atoms with Crippen LogP contribution in [0.15, 0.2) is 42.7 Å². The molecule has 0 aliphatic rings. The molecule has 3 aromatic rings. The number of aromatic nitrogens is 2. The number of hydrogen-bond acceptors (Lipinski definition) is 3. The highest BCUT2D eigenvalue weighted by atomic mass is 35.5. The van der Waals surface area contributed by atoms with Crippen LogP contribution in [0, 0.1) is 5.82 Å². The molecule has 1 unspecified atom stereocenters. The highest BCUT2D eigenvalue weighted by Crippen LogP contribution is 2.34. The molecular weight excluding hydrogens is 370 g/mol. The van der Waals surface area contributed by atoms with Crippen LogP contribution in [-0.2, 0) is 12.6 Å². The number of benzene rings is 2. The Hall–Kier alpha value is -2.41. The molecule has 2 aromatic carbocycles. The summed E-state index contributed by atoms with van der Waals surface area (Å²) in [6, 6.07) is 7.40. The molecule has 1 aromatic heterocycles. The molecule has 0 radical (unpaired) electrons. The summed E-state index contributed by atoms with van der Waals surface area (Å²) < 4.78 is 53.2. The third-order valence-electron chi connectivity index (χ3n) is 3.88. The van der Waals surface area contributed by atoms with E-state index in [1.807, 2.05) is 0 Å². The average molecular weight is 384 g/mol. The van der Waals surface area contributed by atoms with Gasteiger partial charge in [-0.25, -0.2) is 14.4 Å². The maximum absolute atomic E-state index is 13.5. The van der Waals surface area contributed by atoms with Crippen LogP contribution in [0.3, 0.4) is 0 Å². The van der Waals surface area contributed by atoms with Crippen LogP contribution in [-0.4, -0.2) is 16.0 Å². The average Bonchev–Trinajstić information content (AvgIpc) is 2.56. The van der Waals surface area contributed by atoms with Gasteiger partial charge in [0, 0.05) is 16.5 Å². The van der Waals surface area contributed by atoms with Crippen molar-refractivity contribution >= 4 is 28.3 Å². The van der Waals surface area contributed by atoms with Crippen LogP contribution in [0.2, 0.25) is 5.02 Å². The zero-order valence-electron chi connectivity index (χ0n) is 13.6. The summed E-state index contributed by atoms with van der Waals surface area (Å²) in [5.41, 5.74) is -0.109. The third kappa shape index (κ3) is 4.04. The second-order valence-electron chi connectivity index (χ2n) is 5.93. The van der Waals surface area contributed by atoms with Crippen molar-refractivity contribution < 1.29 is 17.6 Å². The first-order valence-electron chi connectivity index (χ1n) is 7.76. The van der Waals surface area contributed by atoms with Gasteiger partial charge in [0.15, 0.2) is 0 Å². The summed E-state index contributed by atoms with van der Waals surface area (Å²) in [7, 11) is 0. The van der Waals surface area contributed by atoms with E-state index in [2.05, 4.69) is 15.3 Å². The summed E-state index contributed by atoms with van der Waals surface area (Å²) in [6.07, 6.45) is -3.09. The zero-order chi connectivity index (χ0) is 18.9. The number of rotatable bonds is 4. The Bertz CT molecular complexity index is 943. The van der Waals surface area contributed by atoms with Gasteiger partial charge in [-0.1, -0.05) is 17.7 Å². The standard InChI is InChI=1S/C18H14ClF4N3/c1-10(6-11-2-3-12(19)7-15(11)18(21,22)23)26-17-14-8-13(20)4-5-16(14)24-9-25-17/h2-5,7-10H,6H2,1H3,(H,24,25,26). The maximum Gasteiger partial charge on any atom is 0.416 e. The number of nitrogens with zero attached hydrogens (tertiary/aromatic N) is 2. The molecule has 136 valence electrons. The first-order chi connectivity index (χ1) is 12.2. The minimum absolute atomic E-state index is 0.0268. The first kappa shape index (κ1) is 18.4. The molecule has 0 bridgehead atoms. The van der Waals surface area contributed by atoms with Crippen molar-refractivity contribution in [3.63, 3.8) is 0 Å². The summed E-state index contributed by atoms with van der Waals surface area (Å²) in [6.45, 7) is 1.72. The smallest absolute Gasteiger partial charge is 0.367 e. The van der Waals surface area contributed by atoms with Gasteiger partial charge in [-0.05, 0) is 49.2 Å². The van der Waals surface area contributed by atoms with E-state index in [-0.39, 0.29) is 17.0 Å². The van der Waals surface area contributed by atoms with Crippen LogP contribution in [0.4, 0.5) is 23.4 Å². The van der Waals surface area contributed by atoms with Crippen molar-refractivity contribution in [2.24, 2.45) is 0 Å². The molecule has 0 fully saturated rings. The lowest BCUT2D eigenvalue weighted by atomic mass is 10.0. The van der Waals surface area contributed by atoms with Crippen LogP contribution >= 0.6 is 11.6 Å². The van der Waals surface area contributed by atoms with E-state index >= 15 is 0 Å². The molecule has 3 rings (SSSR count). The minimum atomic E-state index is -4.50. The van der Waals surface area contributed by atoms with Crippen molar-refractivity contribution in [1.82, 2.24) is 9.97 Å². The van der Waals surface area contributed by atoms with E-state index < -0.39 is 23.6 Å². The van der Waals surface area contributed by atoms with Gasteiger partial charge < -0.3 is 5.32 Å². The Balaban J connectivity index is 1.87. The lowest BCUT2D eigenvalue weighted by Gasteiger charge is -2.19. The zero-order valence-corrected chi connectivity index (χ0v) is 14.4. The Morgan fingerprint density at radius 1 is 1.12 bits per heavy atom. The highest BCUT2D eigenvalue weighted by Gasteiger charge is 2.33. The van der Waals surface area contributed by atoms with Gasteiger partial charge in [-0.15, -0.1) is 0 Å². The molecule has 3 nitrogen and oxygen atoms in total. The molecule has 8 heteroatoms. The first-order valence-corrected chi connectivity index (χ1v) is 8.14. The number of hydrogen-bond donors (Lipinski definition) is 1. The van der Waals surface area contributed by atoms with E-state index in [0.717, 1.165) is 6.07 Å². The quantitative estimate of drug-likeness (QED) is 0.606. The van der Waals surface area contributed by atoms with Crippen LogP contribution in [0.25, 0.3) is 10.9 Å². The Labute approximate surface area is 152 Å². The van der Waals surface area contributed by atoms with Crippen molar-refractivity contribution in [2.75, 3.05) is 5.32 Å². The topological polar surface area (TPSA) is 37.8 Å². The third-order valence-corrected chi connectivity index (χ3v) is 4.12. The normalized spacial score (nSPS) is 13.0. The van der Waals surface area contributed by atoms with Crippen molar-refractivity contribution in [1.29, 1.82) is 0 Å². The molecule has 1 atom stereocenters. The maximum atomic E-state index is 13.5. The lowest BCUT2D eigenvalue weighted by Crippen LogP contribution is -2.21. The Kier molecular flexibility index (Phi) is 5.00. The van der Waals surface area contributed by atoms with Crippen LogP contribution in [0.1, 0.15) is 18.1 Å². The minimum Gasteiger partial charge on any atom is -0.367 e. The van der Waals surface area contributed by atoms with Crippen molar-refractivity contribution in [3.8, 4) is 0 Å².